The Morgan fingerprint density at radius 1 is 1.28 bits per heavy atom. The maximum atomic E-state index is 12.9. The lowest BCUT2D eigenvalue weighted by atomic mass is 9.97. The second kappa shape index (κ2) is 8.74. The Labute approximate surface area is 191 Å². The molecule has 0 unspecified atom stereocenters. The van der Waals surface area contributed by atoms with Gasteiger partial charge in [0, 0.05) is 41.8 Å². The SMILES string of the molecule is COc1ccc2[nH]cc(CCNC(=O)[C@H]3CCCN(c4nc5ccc(Cl)cc5[nH]4)C3)c2c1. The molecular weight excluding hydrogens is 426 g/mol. The molecule has 166 valence electrons. The Kier molecular flexibility index (Phi) is 5.66. The van der Waals surface area contributed by atoms with Gasteiger partial charge in [-0.25, -0.2) is 4.98 Å². The zero-order valence-electron chi connectivity index (χ0n) is 18.0. The van der Waals surface area contributed by atoms with Gasteiger partial charge < -0.3 is 24.9 Å². The summed E-state index contributed by atoms with van der Waals surface area (Å²) in [5, 5.41) is 4.94. The number of hydrogen-bond donors (Lipinski definition) is 3. The van der Waals surface area contributed by atoms with Gasteiger partial charge in [-0.05, 0) is 61.2 Å². The van der Waals surface area contributed by atoms with E-state index in [0.717, 1.165) is 59.4 Å². The summed E-state index contributed by atoms with van der Waals surface area (Å²) in [5.74, 6) is 1.68. The quantitative estimate of drug-likeness (QED) is 0.408. The van der Waals surface area contributed by atoms with Crippen LogP contribution in [-0.2, 0) is 11.2 Å². The summed E-state index contributed by atoms with van der Waals surface area (Å²) in [6.45, 7) is 2.14. The summed E-state index contributed by atoms with van der Waals surface area (Å²) in [6.07, 6.45) is 4.61. The number of piperidine rings is 1. The molecule has 1 amide bonds. The van der Waals surface area contributed by atoms with E-state index in [1.54, 1.807) is 7.11 Å². The van der Waals surface area contributed by atoms with Crippen LogP contribution >= 0.6 is 11.6 Å². The van der Waals surface area contributed by atoms with Gasteiger partial charge in [0.2, 0.25) is 11.9 Å². The number of aromatic nitrogens is 3. The van der Waals surface area contributed by atoms with E-state index in [2.05, 4.69) is 25.2 Å². The first kappa shape index (κ1) is 20.7. The molecule has 32 heavy (non-hydrogen) atoms. The molecule has 1 aliphatic heterocycles. The average Bonchev–Trinajstić information content (AvgIpc) is 3.42. The number of methoxy groups -OCH3 is 1. The summed E-state index contributed by atoms with van der Waals surface area (Å²) < 4.78 is 5.34. The number of imidazole rings is 1. The van der Waals surface area contributed by atoms with Gasteiger partial charge in [0.05, 0.1) is 24.1 Å². The van der Waals surface area contributed by atoms with Gasteiger partial charge in [0.1, 0.15) is 5.75 Å². The van der Waals surface area contributed by atoms with Crippen LogP contribution in [0, 0.1) is 5.92 Å². The number of halogens is 1. The molecule has 1 saturated heterocycles. The highest BCUT2D eigenvalue weighted by Gasteiger charge is 2.27. The Balaban J connectivity index is 1.20. The summed E-state index contributed by atoms with van der Waals surface area (Å²) >= 11 is 6.09. The summed E-state index contributed by atoms with van der Waals surface area (Å²) in [6, 6.07) is 11.6. The van der Waals surface area contributed by atoms with Gasteiger partial charge in [-0.2, -0.15) is 0 Å². The first-order chi connectivity index (χ1) is 15.6. The first-order valence-corrected chi connectivity index (χ1v) is 11.3. The monoisotopic (exact) mass is 451 g/mol. The molecule has 4 aromatic rings. The molecule has 2 aromatic carbocycles. The van der Waals surface area contributed by atoms with Crippen molar-refractivity contribution >= 4 is 45.4 Å². The second-order valence-corrected chi connectivity index (χ2v) is 8.71. The zero-order chi connectivity index (χ0) is 22.1. The van der Waals surface area contributed by atoms with E-state index < -0.39 is 0 Å². The summed E-state index contributed by atoms with van der Waals surface area (Å²) in [5.41, 5.74) is 4.04. The largest absolute Gasteiger partial charge is 0.497 e. The maximum Gasteiger partial charge on any atom is 0.224 e. The van der Waals surface area contributed by atoms with Crippen molar-refractivity contribution in [2.45, 2.75) is 19.3 Å². The number of carbonyl (C=O) groups is 1. The van der Waals surface area contributed by atoms with Crippen molar-refractivity contribution in [1.82, 2.24) is 20.3 Å². The maximum absolute atomic E-state index is 12.9. The van der Waals surface area contributed by atoms with Crippen molar-refractivity contribution in [1.29, 1.82) is 0 Å². The molecule has 8 heteroatoms. The van der Waals surface area contributed by atoms with Crippen LogP contribution in [0.1, 0.15) is 18.4 Å². The van der Waals surface area contributed by atoms with Gasteiger partial charge in [-0.3, -0.25) is 4.79 Å². The van der Waals surface area contributed by atoms with E-state index in [0.29, 0.717) is 18.1 Å². The minimum atomic E-state index is -0.0522. The van der Waals surface area contributed by atoms with Crippen molar-refractivity contribution in [2.75, 3.05) is 31.6 Å². The molecule has 1 fully saturated rings. The van der Waals surface area contributed by atoms with Crippen LogP contribution in [0.3, 0.4) is 0 Å². The second-order valence-electron chi connectivity index (χ2n) is 8.27. The van der Waals surface area contributed by atoms with E-state index in [1.807, 2.05) is 42.6 Å². The molecule has 1 atom stereocenters. The van der Waals surface area contributed by atoms with Crippen molar-refractivity contribution in [3.8, 4) is 5.75 Å². The van der Waals surface area contributed by atoms with Crippen LogP contribution in [0.5, 0.6) is 5.75 Å². The van der Waals surface area contributed by atoms with Crippen LogP contribution in [0.2, 0.25) is 5.02 Å². The third-order valence-corrected chi connectivity index (χ3v) is 6.43. The number of fused-ring (bicyclic) bond motifs is 2. The minimum Gasteiger partial charge on any atom is -0.497 e. The number of H-pyrrole nitrogens is 2. The molecule has 3 heterocycles. The van der Waals surface area contributed by atoms with Gasteiger partial charge in [0.25, 0.3) is 0 Å². The molecule has 7 nitrogen and oxygen atoms in total. The third kappa shape index (κ3) is 4.12. The van der Waals surface area contributed by atoms with E-state index >= 15 is 0 Å². The van der Waals surface area contributed by atoms with Crippen LogP contribution in [0.4, 0.5) is 5.95 Å². The summed E-state index contributed by atoms with van der Waals surface area (Å²) in [7, 11) is 1.67. The molecule has 0 aliphatic carbocycles. The Morgan fingerprint density at radius 3 is 3.06 bits per heavy atom. The highest BCUT2D eigenvalue weighted by Crippen LogP contribution is 2.26. The number of anilines is 1. The van der Waals surface area contributed by atoms with E-state index in [4.69, 9.17) is 16.3 Å². The van der Waals surface area contributed by atoms with Crippen LogP contribution < -0.4 is 15.0 Å². The number of ether oxygens (including phenoxy) is 1. The van der Waals surface area contributed by atoms with E-state index in [1.165, 1.54) is 5.56 Å². The highest BCUT2D eigenvalue weighted by molar-refractivity contribution is 6.31. The number of hydrogen-bond acceptors (Lipinski definition) is 4. The summed E-state index contributed by atoms with van der Waals surface area (Å²) in [4.78, 5) is 26.3. The number of nitrogens with zero attached hydrogens (tertiary/aromatic N) is 2. The molecule has 0 saturated carbocycles. The normalized spacial score (nSPS) is 16.6. The zero-order valence-corrected chi connectivity index (χ0v) is 18.7. The first-order valence-electron chi connectivity index (χ1n) is 10.9. The average molecular weight is 452 g/mol. The smallest absolute Gasteiger partial charge is 0.224 e. The minimum absolute atomic E-state index is 0.0522. The lowest BCUT2D eigenvalue weighted by Gasteiger charge is -2.31. The fourth-order valence-electron chi connectivity index (χ4n) is 4.46. The van der Waals surface area contributed by atoms with Crippen molar-refractivity contribution in [3.05, 3.63) is 53.2 Å². The van der Waals surface area contributed by atoms with E-state index in [-0.39, 0.29) is 11.8 Å². The standard InChI is InChI=1S/C24H26ClN5O2/c1-32-18-5-7-20-19(12-18)15(13-27-20)8-9-26-23(31)16-3-2-10-30(14-16)24-28-21-6-4-17(25)11-22(21)29-24/h4-7,11-13,16,27H,2-3,8-10,14H2,1H3,(H,26,31)(H,28,29)/t16-/m0/s1. The molecular formula is C24H26ClN5O2. The number of nitrogens with one attached hydrogen (secondary N) is 3. The predicted molar refractivity (Wildman–Crippen MR) is 128 cm³/mol. The Hall–Kier alpha value is -3.19. The molecule has 2 aromatic heterocycles. The van der Waals surface area contributed by atoms with Crippen molar-refractivity contribution < 1.29 is 9.53 Å². The Bertz CT molecular complexity index is 1260. The van der Waals surface area contributed by atoms with Crippen molar-refractivity contribution in [2.24, 2.45) is 5.92 Å². The van der Waals surface area contributed by atoms with Crippen LogP contribution in [0.25, 0.3) is 21.9 Å². The van der Waals surface area contributed by atoms with Gasteiger partial charge in [0.15, 0.2) is 0 Å². The molecule has 5 rings (SSSR count). The lowest BCUT2D eigenvalue weighted by Crippen LogP contribution is -2.43. The molecule has 1 aliphatic rings. The highest BCUT2D eigenvalue weighted by atomic mass is 35.5. The predicted octanol–water partition coefficient (Wildman–Crippen LogP) is 4.28. The third-order valence-electron chi connectivity index (χ3n) is 6.19. The van der Waals surface area contributed by atoms with E-state index in [9.17, 15) is 4.79 Å². The lowest BCUT2D eigenvalue weighted by molar-refractivity contribution is -0.125. The molecule has 3 N–H and O–H groups in total. The van der Waals surface area contributed by atoms with Gasteiger partial charge in [-0.1, -0.05) is 11.6 Å². The molecule has 0 radical (unpaired) electrons. The number of aromatic amines is 2. The topological polar surface area (TPSA) is 86.0 Å². The van der Waals surface area contributed by atoms with Crippen LogP contribution in [-0.4, -0.2) is 47.6 Å². The van der Waals surface area contributed by atoms with Gasteiger partial charge >= 0.3 is 0 Å². The number of amides is 1. The Morgan fingerprint density at radius 2 is 2.19 bits per heavy atom. The van der Waals surface area contributed by atoms with Crippen molar-refractivity contribution in [3.63, 3.8) is 0 Å². The molecule has 0 bridgehead atoms. The van der Waals surface area contributed by atoms with Gasteiger partial charge in [-0.15, -0.1) is 0 Å². The number of rotatable bonds is 6. The molecule has 0 spiro atoms. The van der Waals surface area contributed by atoms with Crippen LogP contribution in [0.15, 0.2) is 42.6 Å². The fourth-order valence-corrected chi connectivity index (χ4v) is 4.63. The fraction of sp³-hybridized carbons (Fsp3) is 0.333. The number of benzene rings is 2. The number of carbonyl (C=O) groups excluding carboxylic acids is 1.